The topological polar surface area (TPSA) is 83.8 Å². The monoisotopic (exact) mass is 408 g/mol. The van der Waals surface area contributed by atoms with Gasteiger partial charge in [0, 0.05) is 11.6 Å². The summed E-state index contributed by atoms with van der Waals surface area (Å²) in [4.78, 5) is 18.1. The van der Waals surface area contributed by atoms with Gasteiger partial charge in [-0.05, 0) is 47.4 Å². The lowest BCUT2D eigenvalue weighted by Crippen LogP contribution is -2.14. The molecule has 0 bridgehead atoms. The van der Waals surface area contributed by atoms with Gasteiger partial charge in [-0.3, -0.25) is 10.1 Å². The standard InChI is InChI=1S/C13H13BrN4O2.2ClH/c14-9-6-8(3-4-12(9)18(19)20)11-7-16-13(17-11)10-2-1-5-15-10;;/h3-4,6-7,10,15H,1-2,5H2,(H,16,17);2*1H/t10-;;/m0../s1. The average molecular weight is 410 g/mol. The Morgan fingerprint density at radius 3 is 2.73 bits per heavy atom. The van der Waals surface area contributed by atoms with E-state index in [0.29, 0.717) is 4.47 Å². The van der Waals surface area contributed by atoms with Gasteiger partial charge in [0.25, 0.3) is 5.69 Å². The minimum absolute atomic E-state index is 0. The number of hydrogen-bond acceptors (Lipinski definition) is 4. The molecule has 1 fully saturated rings. The van der Waals surface area contributed by atoms with E-state index in [2.05, 4.69) is 31.2 Å². The Morgan fingerprint density at radius 1 is 1.36 bits per heavy atom. The number of rotatable bonds is 3. The summed E-state index contributed by atoms with van der Waals surface area (Å²) in [5.74, 6) is 0.923. The van der Waals surface area contributed by atoms with E-state index in [4.69, 9.17) is 0 Å². The van der Waals surface area contributed by atoms with Gasteiger partial charge in [-0.15, -0.1) is 24.8 Å². The highest BCUT2D eigenvalue weighted by atomic mass is 79.9. The Kier molecular flexibility index (Phi) is 6.80. The highest BCUT2D eigenvalue weighted by Crippen LogP contribution is 2.30. The second-order valence-corrected chi connectivity index (χ2v) is 5.61. The van der Waals surface area contributed by atoms with Gasteiger partial charge >= 0.3 is 0 Å². The van der Waals surface area contributed by atoms with Crippen molar-refractivity contribution in [2.75, 3.05) is 6.54 Å². The third-order valence-corrected chi connectivity index (χ3v) is 4.08. The van der Waals surface area contributed by atoms with Crippen LogP contribution >= 0.6 is 40.7 Å². The van der Waals surface area contributed by atoms with E-state index in [1.165, 1.54) is 6.07 Å². The fraction of sp³-hybridized carbons (Fsp3) is 0.308. The highest BCUT2D eigenvalue weighted by Gasteiger charge is 2.20. The first-order chi connectivity index (χ1) is 9.65. The van der Waals surface area contributed by atoms with Crippen LogP contribution < -0.4 is 5.32 Å². The number of benzene rings is 1. The number of hydrogen-bond donors (Lipinski definition) is 2. The number of nitro groups is 1. The van der Waals surface area contributed by atoms with Crippen LogP contribution in [0.25, 0.3) is 11.3 Å². The molecule has 0 amide bonds. The summed E-state index contributed by atoms with van der Waals surface area (Å²) in [7, 11) is 0. The molecule has 1 aromatic heterocycles. The summed E-state index contributed by atoms with van der Waals surface area (Å²) >= 11 is 3.23. The van der Waals surface area contributed by atoms with Crippen molar-refractivity contribution in [2.24, 2.45) is 0 Å². The van der Waals surface area contributed by atoms with Crippen LogP contribution in [0.2, 0.25) is 0 Å². The lowest BCUT2D eigenvalue weighted by molar-refractivity contribution is -0.385. The molecule has 1 aromatic carbocycles. The van der Waals surface area contributed by atoms with E-state index in [-0.39, 0.29) is 36.5 Å². The summed E-state index contributed by atoms with van der Waals surface area (Å²) in [5, 5.41) is 14.2. The van der Waals surface area contributed by atoms with Crippen molar-refractivity contribution in [3.63, 3.8) is 0 Å². The predicted octanol–water partition coefficient (Wildman–Crippen LogP) is 4.02. The summed E-state index contributed by atoms with van der Waals surface area (Å²) in [5.41, 5.74) is 1.80. The molecule has 0 unspecified atom stereocenters. The normalized spacial score (nSPS) is 16.7. The number of nitrogens with zero attached hydrogens (tertiary/aromatic N) is 2. The Hall–Kier alpha value is -1.15. The molecule has 1 aliphatic rings. The quantitative estimate of drug-likeness (QED) is 0.592. The molecule has 22 heavy (non-hydrogen) atoms. The molecule has 2 N–H and O–H groups in total. The van der Waals surface area contributed by atoms with E-state index in [0.717, 1.165) is 36.5 Å². The summed E-state index contributed by atoms with van der Waals surface area (Å²) in [6, 6.07) is 5.23. The van der Waals surface area contributed by atoms with Crippen LogP contribution in [0.5, 0.6) is 0 Å². The second-order valence-electron chi connectivity index (χ2n) is 4.75. The van der Waals surface area contributed by atoms with E-state index in [1.54, 1.807) is 18.3 Å². The Labute approximate surface area is 148 Å². The lowest BCUT2D eigenvalue weighted by Gasteiger charge is -2.05. The van der Waals surface area contributed by atoms with Gasteiger partial charge < -0.3 is 10.3 Å². The maximum atomic E-state index is 10.8. The summed E-state index contributed by atoms with van der Waals surface area (Å²) < 4.78 is 0.468. The fourth-order valence-electron chi connectivity index (χ4n) is 2.40. The molecular formula is C13H15BrCl2N4O2. The molecule has 3 rings (SSSR count). The molecule has 120 valence electrons. The maximum Gasteiger partial charge on any atom is 0.283 e. The SMILES string of the molecule is Cl.Cl.O=[N+]([O-])c1ccc(-c2cnc([C@@H]3CCCN3)[nH]2)cc1Br. The molecule has 2 heterocycles. The zero-order chi connectivity index (χ0) is 14.1. The molecule has 1 aliphatic heterocycles. The fourth-order valence-corrected chi connectivity index (χ4v) is 2.92. The summed E-state index contributed by atoms with van der Waals surface area (Å²) in [6.45, 7) is 1.02. The van der Waals surface area contributed by atoms with Crippen molar-refractivity contribution in [1.29, 1.82) is 0 Å². The molecule has 1 atom stereocenters. The number of imidazole rings is 1. The zero-order valence-electron chi connectivity index (χ0n) is 11.4. The first kappa shape index (κ1) is 18.9. The van der Waals surface area contributed by atoms with Gasteiger partial charge in [-0.2, -0.15) is 0 Å². The first-order valence-corrected chi connectivity index (χ1v) is 7.17. The molecule has 0 spiro atoms. The van der Waals surface area contributed by atoms with E-state index in [9.17, 15) is 10.1 Å². The number of nitro benzene ring substituents is 1. The molecular weight excluding hydrogens is 395 g/mol. The Balaban J connectivity index is 0.00000121. The summed E-state index contributed by atoms with van der Waals surface area (Å²) in [6.07, 6.45) is 4.00. The van der Waals surface area contributed by atoms with Crippen LogP contribution in [0.3, 0.4) is 0 Å². The zero-order valence-corrected chi connectivity index (χ0v) is 14.6. The first-order valence-electron chi connectivity index (χ1n) is 6.38. The third kappa shape index (κ3) is 3.78. The third-order valence-electron chi connectivity index (χ3n) is 3.44. The van der Waals surface area contributed by atoms with Gasteiger partial charge in [-0.1, -0.05) is 0 Å². The van der Waals surface area contributed by atoms with Crippen LogP contribution in [-0.4, -0.2) is 21.4 Å². The van der Waals surface area contributed by atoms with Crippen LogP contribution in [-0.2, 0) is 0 Å². The molecule has 9 heteroatoms. The molecule has 2 aromatic rings. The number of aromatic nitrogens is 2. The Morgan fingerprint density at radius 2 is 2.14 bits per heavy atom. The van der Waals surface area contributed by atoms with Gasteiger partial charge in [0.05, 0.1) is 27.3 Å². The minimum Gasteiger partial charge on any atom is -0.341 e. The molecule has 1 saturated heterocycles. The van der Waals surface area contributed by atoms with Crippen molar-refractivity contribution >= 4 is 46.4 Å². The van der Waals surface area contributed by atoms with E-state index < -0.39 is 4.92 Å². The minimum atomic E-state index is -0.408. The van der Waals surface area contributed by atoms with Crippen LogP contribution in [0.1, 0.15) is 24.7 Å². The highest BCUT2D eigenvalue weighted by molar-refractivity contribution is 9.10. The molecule has 0 radical (unpaired) electrons. The van der Waals surface area contributed by atoms with Crippen LogP contribution in [0.15, 0.2) is 28.9 Å². The van der Waals surface area contributed by atoms with Crippen molar-refractivity contribution in [2.45, 2.75) is 18.9 Å². The van der Waals surface area contributed by atoms with Crippen LogP contribution in [0, 0.1) is 10.1 Å². The molecule has 0 saturated carbocycles. The largest absolute Gasteiger partial charge is 0.341 e. The van der Waals surface area contributed by atoms with Gasteiger partial charge in [0.1, 0.15) is 5.82 Å². The van der Waals surface area contributed by atoms with Gasteiger partial charge in [-0.25, -0.2) is 4.98 Å². The lowest BCUT2D eigenvalue weighted by atomic mass is 10.1. The Bertz CT molecular complexity index is 659. The molecule has 0 aliphatic carbocycles. The predicted molar refractivity (Wildman–Crippen MR) is 92.9 cm³/mol. The van der Waals surface area contributed by atoms with Crippen LogP contribution in [0.4, 0.5) is 5.69 Å². The number of nitrogens with one attached hydrogen (secondary N) is 2. The smallest absolute Gasteiger partial charge is 0.283 e. The van der Waals surface area contributed by atoms with Gasteiger partial charge in [0.15, 0.2) is 0 Å². The van der Waals surface area contributed by atoms with Crippen molar-refractivity contribution in [3.8, 4) is 11.3 Å². The maximum absolute atomic E-state index is 10.8. The van der Waals surface area contributed by atoms with Gasteiger partial charge in [0.2, 0.25) is 0 Å². The van der Waals surface area contributed by atoms with Crippen molar-refractivity contribution in [3.05, 3.63) is 44.8 Å². The number of halogens is 3. The van der Waals surface area contributed by atoms with Crippen molar-refractivity contribution < 1.29 is 4.92 Å². The number of aromatic amines is 1. The second kappa shape index (κ2) is 7.92. The van der Waals surface area contributed by atoms with E-state index >= 15 is 0 Å². The van der Waals surface area contributed by atoms with E-state index in [1.807, 2.05) is 0 Å². The molecule has 6 nitrogen and oxygen atoms in total. The number of H-pyrrole nitrogens is 1. The average Bonchev–Trinajstić information content (AvgIpc) is 3.09. The van der Waals surface area contributed by atoms with Crippen molar-refractivity contribution in [1.82, 2.24) is 15.3 Å².